The normalized spacial score (nSPS) is 14.1. The van der Waals surface area contributed by atoms with Crippen molar-refractivity contribution in [2.45, 2.75) is 37.6 Å². The van der Waals surface area contributed by atoms with Gasteiger partial charge in [0.2, 0.25) is 5.91 Å². The minimum absolute atomic E-state index is 0.0745. The summed E-state index contributed by atoms with van der Waals surface area (Å²) < 4.78 is 11.4. The van der Waals surface area contributed by atoms with Crippen LogP contribution in [-0.4, -0.2) is 41.8 Å². The van der Waals surface area contributed by atoms with E-state index in [0.29, 0.717) is 5.56 Å². The van der Waals surface area contributed by atoms with Crippen LogP contribution in [0.3, 0.4) is 0 Å². The van der Waals surface area contributed by atoms with Crippen molar-refractivity contribution in [3.8, 4) is 11.1 Å². The molecule has 0 aromatic heterocycles. The van der Waals surface area contributed by atoms with Gasteiger partial charge in [-0.2, -0.15) is 0 Å². The molecule has 8 nitrogen and oxygen atoms in total. The molecule has 214 valence electrons. The van der Waals surface area contributed by atoms with E-state index in [4.69, 9.17) is 9.47 Å². The molecule has 0 spiro atoms. The zero-order valence-corrected chi connectivity index (χ0v) is 23.1. The molecule has 4 aromatic carbocycles. The zero-order chi connectivity index (χ0) is 29.5. The summed E-state index contributed by atoms with van der Waals surface area (Å²) in [7, 11) is 0. The van der Waals surface area contributed by atoms with Crippen LogP contribution in [-0.2, 0) is 25.7 Å². The van der Waals surface area contributed by atoms with E-state index in [1.807, 2.05) is 78.9 Å². The van der Waals surface area contributed by atoms with Crippen LogP contribution < -0.4 is 10.6 Å². The number of carboxylic acids is 1. The molecule has 0 heterocycles. The number of benzene rings is 4. The lowest BCUT2D eigenvalue weighted by Gasteiger charge is -2.25. The van der Waals surface area contributed by atoms with E-state index in [9.17, 15) is 19.5 Å². The monoisotopic (exact) mass is 564 g/mol. The fourth-order valence-corrected chi connectivity index (χ4v) is 5.22. The molecule has 42 heavy (non-hydrogen) atoms. The first kappa shape index (κ1) is 28.6. The number of aliphatic carboxylic acids is 1. The maximum atomic E-state index is 13.5. The molecule has 0 fully saturated rings. The minimum atomic E-state index is -1.35. The fourth-order valence-electron chi connectivity index (χ4n) is 5.22. The summed E-state index contributed by atoms with van der Waals surface area (Å²) in [4.78, 5) is 38.6. The summed E-state index contributed by atoms with van der Waals surface area (Å²) in [5.74, 6) is -2.10. The van der Waals surface area contributed by atoms with E-state index >= 15 is 0 Å². The molecule has 5 rings (SSSR count). The summed E-state index contributed by atoms with van der Waals surface area (Å²) in [5, 5.41) is 15.1. The van der Waals surface area contributed by atoms with Gasteiger partial charge in [-0.05, 0) is 40.3 Å². The number of nitrogens with one attached hydrogen (secondary N) is 2. The Balaban J connectivity index is 1.27. The van der Waals surface area contributed by atoms with E-state index in [1.165, 1.54) is 0 Å². The molecule has 0 bridgehead atoms. The lowest BCUT2D eigenvalue weighted by atomic mass is 9.98. The molecule has 0 saturated heterocycles. The van der Waals surface area contributed by atoms with Crippen LogP contribution in [0, 0.1) is 0 Å². The molecule has 1 aliphatic rings. The van der Waals surface area contributed by atoms with Crippen molar-refractivity contribution >= 4 is 18.0 Å². The Morgan fingerprint density at radius 3 is 1.90 bits per heavy atom. The van der Waals surface area contributed by atoms with Crippen molar-refractivity contribution in [1.29, 1.82) is 0 Å². The van der Waals surface area contributed by atoms with E-state index in [0.717, 1.165) is 27.8 Å². The Labute approximate surface area is 244 Å². The number of rotatable bonds is 11. The highest BCUT2D eigenvalue weighted by atomic mass is 16.5. The topological polar surface area (TPSA) is 114 Å². The van der Waals surface area contributed by atoms with Crippen LogP contribution in [0.1, 0.15) is 41.1 Å². The predicted molar refractivity (Wildman–Crippen MR) is 158 cm³/mol. The summed E-state index contributed by atoms with van der Waals surface area (Å²) in [6.45, 7) is 1.84. The molecule has 2 amide bonds. The summed E-state index contributed by atoms with van der Waals surface area (Å²) in [6, 6.07) is 31.4. The lowest BCUT2D eigenvalue weighted by Crippen LogP contribution is -2.52. The number of hydrogen-bond donors (Lipinski definition) is 3. The molecule has 8 heteroatoms. The average molecular weight is 565 g/mol. The smallest absolute Gasteiger partial charge is 0.408 e. The molecule has 4 aromatic rings. The first-order valence-electron chi connectivity index (χ1n) is 13.8. The molecule has 0 radical (unpaired) electrons. The van der Waals surface area contributed by atoms with Gasteiger partial charge >= 0.3 is 12.1 Å². The van der Waals surface area contributed by atoms with Crippen LogP contribution >= 0.6 is 0 Å². The number of carboxylic acid groups (broad SMARTS) is 1. The van der Waals surface area contributed by atoms with Crippen molar-refractivity contribution < 1.29 is 29.0 Å². The van der Waals surface area contributed by atoms with Crippen LogP contribution in [0.2, 0.25) is 0 Å². The van der Waals surface area contributed by atoms with Crippen LogP contribution in [0.4, 0.5) is 4.79 Å². The first-order valence-corrected chi connectivity index (χ1v) is 13.8. The highest BCUT2D eigenvalue weighted by Crippen LogP contribution is 2.44. The number of carbonyl (C=O) groups is 3. The van der Waals surface area contributed by atoms with Gasteiger partial charge in [-0.15, -0.1) is 0 Å². The van der Waals surface area contributed by atoms with Crippen LogP contribution in [0.25, 0.3) is 11.1 Å². The molecule has 0 unspecified atom stereocenters. The van der Waals surface area contributed by atoms with Crippen molar-refractivity contribution in [1.82, 2.24) is 10.6 Å². The number of fused-ring (bicyclic) bond motifs is 3. The largest absolute Gasteiger partial charge is 0.480 e. The van der Waals surface area contributed by atoms with Crippen LogP contribution in [0.15, 0.2) is 109 Å². The Morgan fingerprint density at radius 2 is 1.31 bits per heavy atom. The Kier molecular flexibility index (Phi) is 8.94. The van der Waals surface area contributed by atoms with Gasteiger partial charge < -0.3 is 25.2 Å². The Bertz CT molecular complexity index is 1500. The zero-order valence-electron chi connectivity index (χ0n) is 23.1. The molecular formula is C34H32N2O6. The quantitative estimate of drug-likeness (QED) is 0.224. The molecular weight excluding hydrogens is 532 g/mol. The van der Waals surface area contributed by atoms with Crippen molar-refractivity contribution in [2.24, 2.45) is 0 Å². The number of amides is 2. The van der Waals surface area contributed by atoms with E-state index in [-0.39, 0.29) is 19.1 Å². The van der Waals surface area contributed by atoms with Gasteiger partial charge in [0.15, 0.2) is 6.04 Å². The van der Waals surface area contributed by atoms with Crippen molar-refractivity contribution in [2.75, 3.05) is 6.61 Å². The second-order valence-electron chi connectivity index (χ2n) is 10.1. The third-order valence-electron chi connectivity index (χ3n) is 7.39. The molecule has 1 aliphatic carbocycles. The highest BCUT2D eigenvalue weighted by molar-refractivity contribution is 5.90. The maximum Gasteiger partial charge on any atom is 0.408 e. The highest BCUT2D eigenvalue weighted by Gasteiger charge is 2.33. The molecule has 3 atom stereocenters. The fraction of sp³-hybridized carbons (Fsp3) is 0.206. The third-order valence-corrected chi connectivity index (χ3v) is 7.39. The third kappa shape index (κ3) is 6.50. The Morgan fingerprint density at radius 1 is 0.762 bits per heavy atom. The SMILES string of the molecule is C[C@@H](OCc1ccccc1)[C@H](NC(=O)[C@H](NC(=O)OCC1c2ccccc2-c2ccccc21)c1ccccc1)C(=O)O. The lowest BCUT2D eigenvalue weighted by molar-refractivity contribution is -0.146. The van der Waals surface area contributed by atoms with Crippen molar-refractivity contribution in [3.05, 3.63) is 131 Å². The summed E-state index contributed by atoms with van der Waals surface area (Å²) >= 11 is 0. The maximum absolute atomic E-state index is 13.5. The number of hydrogen-bond acceptors (Lipinski definition) is 5. The molecule has 0 saturated carbocycles. The molecule has 0 aliphatic heterocycles. The standard InChI is InChI=1S/C34H32N2O6/c1-22(41-20-23-12-4-2-5-13-23)30(33(38)39)35-32(37)31(24-14-6-3-7-15-24)36-34(40)42-21-29-27-18-10-8-16-25(27)26-17-9-11-19-28(26)29/h2-19,22,29-31H,20-21H2,1H3,(H,35,37)(H,36,40)(H,38,39)/t22-,30+,31-/m1/s1. The van der Waals surface area contributed by atoms with E-state index in [1.54, 1.807) is 37.3 Å². The number of alkyl carbamates (subject to hydrolysis) is 1. The van der Waals surface area contributed by atoms with Gasteiger partial charge in [-0.25, -0.2) is 9.59 Å². The molecule has 3 N–H and O–H groups in total. The van der Waals surface area contributed by atoms with Gasteiger partial charge in [-0.1, -0.05) is 109 Å². The second-order valence-corrected chi connectivity index (χ2v) is 10.1. The average Bonchev–Trinajstić information content (AvgIpc) is 3.34. The number of carbonyl (C=O) groups excluding carboxylic acids is 2. The van der Waals surface area contributed by atoms with Crippen LogP contribution in [0.5, 0.6) is 0 Å². The summed E-state index contributed by atoms with van der Waals surface area (Å²) in [5.41, 5.74) is 5.69. The van der Waals surface area contributed by atoms with Gasteiger partial charge in [0.25, 0.3) is 0 Å². The van der Waals surface area contributed by atoms with Crippen molar-refractivity contribution in [3.63, 3.8) is 0 Å². The van der Waals surface area contributed by atoms with E-state index in [2.05, 4.69) is 10.6 Å². The van der Waals surface area contributed by atoms with Gasteiger partial charge in [0.1, 0.15) is 12.6 Å². The van der Waals surface area contributed by atoms with Gasteiger partial charge in [0, 0.05) is 5.92 Å². The predicted octanol–water partition coefficient (Wildman–Crippen LogP) is 5.44. The van der Waals surface area contributed by atoms with Gasteiger partial charge in [0.05, 0.1) is 12.7 Å². The van der Waals surface area contributed by atoms with Gasteiger partial charge in [-0.3, -0.25) is 4.79 Å². The Hall–Kier alpha value is -4.95. The second kappa shape index (κ2) is 13.1. The first-order chi connectivity index (χ1) is 20.4. The number of ether oxygens (including phenoxy) is 2. The minimum Gasteiger partial charge on any atom is -0.480 e. The van der Waals surface area contributed by atoms with E-state index < -0.39 is 36.2 Å². The summed E-state index contributed by atoms with van der Waals surface area (Å²) in [6.07, 6.45) is -1.64.